The Morgan fingerprint density at radius 1 is 1.00 bits per heavy atom. The molecule has 0 aromatic carbocycles. The highest BCUT2D eigenvalue weighted by Crippen LogP contribution is 2.63. The summed E-state index contributed by atoms with van der Waals surface area (Å²) in [5.74, 6) is -4.37. The highest BCUT2D eigenvalue weighted by atomic mass is 16.7. The van der Waals surface area contributed by atoms with Crippen molar-refractivity contribution in [2.24, 2.45) is 17.3 Å². The van der Waals surface area contributed by atoms with Crippen molar-refractivity contribution in [1.29, 1.82) is 0 Å². The van der Waals surface area contributed by atoms with E-state index in [-0.39, 0.29) is 6.42 Å². The van der Waals surface area contributed by atoms with Gasteiger partial charge in [0.2, 0.25) is 0 Å². The van der Waals surface area contributed by atoms with E-state index in [9.17, 15) is 14.4 Å². The summed E-state index contributed by atoms with van der Waals surface area (Å²) in [5, 5.41) is 0. The van der Waals surface area contributed by atoms with Gasteiger partial charge in [0.05, 0.1) is 14.2 Å². The Kier molecular flexibility index (Phi) is 5.73. The van der Waals surface area contributed by atoms with E-state index >= 15 is 0 Å². The van der Waals surface area contributed by atoms with Gasteiger partial charge in [-0.3, -0.25) is 14.4 Å². The van der Waals surface area contributed by atoms with Gasteiger partial charge < -0.3 is 23.7 Å². The highest BCUT2D eigenvalue weighted by molar-refractivity contribution is 5.84. The largest absolute Gasteiger partial charge is 0.469 e. The number of hydrogen-bond acceptors (Lipinski definition) is 8. The van der Waals surface area contributed by atoms with Crippen molar-refractivity contribution in [3.05, 3.63) is 0 Å². The Morgan fingerprint density at radius 2 is 1.64 bits per heavy atom. The number of carbonyl (C=O) groups excluding carboxylic acids is 3. The van der Waals surface area contributed by atoms with Crippen LogP contribution in [0.1, 0.15) is 32.6 Å². The Balaban J connectivity index is 2.62. The number of esters is 3. The van der Waals surface area contributed by atoms with Crippen molar-refractivity contribution >= 4 is 17.9 Å². The first-order valence-corrected chi connectivity index (χ1v) is 8.28. The second kappa shape index (κ2) is 7.29. The molecule has 0 spiro atoms. The van der Waals surface area contributed by atoms with E-state index in [0.29, 0.717) is 19.3 Å². The zero-order valence-corrected chi connectivity index (χ0v) is 15.3. The van der Waals surface area contributed by atoms with Crippen LogP contribution in [0, 0.1) is 17.3 Å². The van der Waals surface area contributed by atoms with Gasteiger partial charge in [0, 0.05) is 27.1 Å². The maximum Gasteiger partial charge on any atom is 0.317 e. The smallest absolute Gasteiger partial charge is 0.317 e. The van der Waals surface area contributed by atoms with Crippen LogP contribution in [0.4, 0.5) is 0 Å². The Morgan fingerprint density at radius 3 is 2.12 bits per heavy atom. The summed E-state index contributed by atoms with van der Waals surface area (Å²) in [6.45, 7) is 1.32. The molecule has 0 heterocycles. The minimum atomic E-state index is -1.54. The summed E-state index contributed by atoms with van der Waals surface area (Å²) >= 11 is 0. The molecule has 2 aliphatic rings. The van der Waals surface area contributed by atoms with E-state index in [4.69, 9.17) is 23.7 Å². The fraction of sp³-hybridized carbons (Fsp3) is 0.824. The lowest BCUT2D eigenvalue weighted by Crippen LogP contribution is -2.61. The maximum atomic E-state index is 12.9. The number of ether oxygens (including phenoxy) is 5. The quantitative estimate of drug-likeness (QED) is 0.409. The van der Waals surface area contributed by atoms with Gasteiger partial charge >= 0.3 is 17.9 Å². The Hall–Kier alpha value is -1.67. The molecule has 8 heteroatoms. The highest BCUT2D eigenvalue weighted by Gasteiger charge is 2.75. The third kappa shape index (κ3) is 2.71. The number of fused-ring (bicyclic) bond motifs is 1. The van der Waals surface area contributed by atoms with E-state index in [2.05, 4.69) is 0 Å². The first kappa shape index (κ1) is 19.7. The van der Waals surface area contributed by atoms with E-state index < -0.39 is 47.0 Å². The SMILES string of the molecule is COC(=O)[C@@H]1C[C@@H]2[C@@H](OC(C)=O)CCC[C@@]2(C(=O)OC)C1(OC)OC. The molecule has 0 N–H and O–H groups in total. The lowest BCUT2D eigenvalue weighted by Gasteiger charge is -2.49. The van der Waals surface area contributed by atoms with Crippen molar-refractivity contribution in [2.45, 2.75) is 44.5 Å². The Bertz CT molecular complexity index is 541. The van der Waals surface area contributed by atoms with Gasteiger partial charge in [-0.25, -0.2) is 0 Å². The fourth-order valence-corrected chi connectivity index (χ4v) is 4.85. The number of carbonyl (C=O) groups is 3. The molecular formula is C17H26O8. The first-order chi connectivity index (χ1) is 11.8. The number of hydrogen-bond donors (Lipinski definition) is 0. The molecule has 0 bridgehead atoms. The maximum absolute atomic E-state index is 12.9. The van der Waals surface area contributed by atoms with Gasteiger partial charge in [-0.2, -0.15) is 0 Å². The summed E-state index contributed by atoms with van der Waals surface area (Å²) in [6.07, 6.45) is 1.31. The summed E-state index contributed by atoms with van der Waals surface area (Å²) in [4.78, 5) is 36.9. The molecule has 142 valence electrons. The van der Waals surface area contributed by atoms with Crippen LogP contribution in [-0.2, 0) is 38.1 Å². The summed E-state index contributed by atoms with van der Waals surface area (Å²) < 4.78 is 26.8. The van der Waals surface area contributed by atoms with E-state index in [1.165, 1.54) is 35.4 Å². The predicted molar refractivity (Wildman–Crippen MR) is 84.2 cm³/mol. The van der Waals surface area contributed by atoms with E-state index in [1.54, 1.807) is 0 Å². The van der Waals surface area contributed by atoms with Gasteiger partial charge in [-0.15, -0.1) is 0 Å². The molecule has 25 heavy (non-hydrogen) atoms. The molecule has 4 atom stereocenters. The number of methoxy groups -OCH3 is 4. The van der Waals surface area contributed by atoms with Crippen LogP contribution in [0.2, 0.25) is 0 Å². The molecule has 0 aromatic rings. The molecule has 0 aromatic heterocycles. The molecule has 2 fully saturated rings. The van der Waals surface area contributed by atoms with Crippen molar-refractivity contribution in [1.82, 2.24) is 0 Å². The molecule has 0 saturated heterocycles. The van der Waals surface area contributed by atoms with Gasteiger partial charge in [-0.05, 0) is 25.7 Å². The Labute approximate surface area is 147 Å². The molecule has 0 aliphatic heterocycles. The molecule has 0 radical (unpaired) electrons. The van der Waals surface area contributed by atoms with Crippen LogP contribution in [-0.4, -0.2) is 58.2 Å². The molecule has 2 aliphatic carbocycles. The van der Waals surface area contributed by atoms with E-state index in [0.717, 1.165) is 0 Å². The van der Waals surface area contributed by atoms with Gasteiger partial charge in [0.15, 0.2) is 5.79 Å². The molecule has 0 amide bonds. The van der Waals surface area contributed by atoms with Gasteiger partial charge in [-0.1, -0.05) is 0 Å². The van der Waals surface area contributed by atoms with Gasteiger partial charge in [0.1, 0.15) is 17.4 Å². The molecule has 8 nitrogen and oxygen atoms in total. The third-order valence-corrected chi connectivity index (χ3v) is 5.67. The zero-order valence-electron chi connectivity index (χ0n) is 15.3. The average molecular weight is 358 g/mol. The summed E-state index contributed by atoms with van der Waals surface area (Å²) in [6, 6.07) is 0. The first-order valence-electron chi connectivity index (χ1n) is 8.28. The average Bonchev–Trinajstić information content (AvgIpc) is 2.92. The third-order valence-electron chi connectivity index (χ3n) is 5.67. The normalized spacial score (nSPS) is 33.2. The van der Waals surface area contributed by atoms with Crippen LogP contribution in [0.15, 0.2) is 0 Å². The lowest BCUT2D eigenvalue weighted by molar-refractivity contribution is -0.295. The zero-order chi connectivity index (χ0) is 18.8. The van der Waals surface area contributed by atoms with Crippen molar-refractivity contribution < 1.29 is 38.1 Å². The lowest BCUT2D eigenvalue weighted by atomic mass is 9.64. The summed E-state index contributed by atoms with van der Waals surface area (Å²) in [7, 11) is 5.34. The van der Waals surface area contributed by atoms with Crippen LogP contribution in [0.5, 0.6) is 0 Å². The van der Waals surface area contributed by atoms with Crippen LogP contribution >= 0.6 is 0 Å². The topological polar surface area (TPSA) is 97.4 Å². The van der Waals surface area contributed by atoms with Crippen molar-refractivity contribution in [3.8, 4) is 0 Å². The molecular weight excluding hydrogens is 332 g/mol. The minimum absolute atomic E-state index is 0.238. The van der Waals surface area contributed by atoms with Crippen molar-refractivity contribution in [2.75, 3.05) is 28.4 Å². The molecule has 2 rings (SSSR count). The number of rotatable bonds is 5. The summed E-state index contributed by atoms with van der Waals surface area (Å²) in [5.41, 5.74) is -1.26. The van der Waals surface area contributed by atoms with Crippen LogP contribution in [0.25, 0.3) is 0 Å². The molecule has 0 unspecified atom stereocenters. The van der Waals surface area contributed by atoms with Crippen LogP contribution in [0.3, 0.4) is 0 Å². The van der Waals surface area contributed by atoms with Crippen LogP contribution < -0.4 is 0 Å². The molecule has 2 saturated carbocycles. The standard InChI is InChI=1S/C17H26O8/c1-10(18)25-13-7-6-8-16(15(20)22-3)11(13)9-12(14(19)21-2)17(16,23-4)24-5/h11-13H,6-9H2,1-5H3/t11-,12+,13+,16-/m1/s1. The fourth-order valence-electron chi connectivity index (χ4n) is 4.85. The second-order valence-corrected chi connectivity index (χ2v) is 6.50. The predicted octanol–water partition coefficient (Wildman–Crippen LogP) is 1.06. The van der Waals surface area contributed by atoms with E-state index in [1.807, 2.05) is 0 Å². The van der Waals surface area contributed by atoms with Gasteiger partial charge in [0.25, 0.3) is 0 Å². The van der Waals surface area contributed by atoms with Crippen molar-refractivity contribution in [3.63, 3.8) is 0 Å². The monoisotopic (exact) mass is 358 g/mol. The minimum Gasteiger partial charge on any atom is -0.469 e. The second-order valence-electron chi connectivity index (χ2n) is 6.50.